The van der Waals surface area contributed by atoms with Crippen LogP contribution in [0.1, 0.15) is 40.2 Å². The Morgan fingerprint density at radius 3 is 1.87 bits per heavy atom. The molecule has 1 fully saturated rings. The summed E-state index contributed by atoms with van der Waals surface area (Å²) in [5.41, 5.74) is 0.503. The van der Waals surface area contributed by atoms with Crippen LogP contribution in [0.3, 0.4) is 0 Å². The van der Waals surface area contributed by atoms with Crippen molar-refractivity contribution in [1.29, 1.82) is 0 Å². The van der Waals surface area contributed by atoms with Crippen molar-refractivity contribution in [1.82, 2.24) is 0 Å². The Morgan fingerprint density at radius 2 is 1.34 bits per heavy atom. The molecule has 0 radical (unpaired) electrons. The minimum atomic E-state index is -1.60. The van der Waals surface area contributed by atoms with Crippen LogP contribution in [0.15, 0.2) is 30.0 Å². The average Bonchev–Trinajstić information content (AvgIpc) is 2.81. The fourth-order valence-electron chi connectivity index (χ4n) is 3.46. The highest BCUT2D eigenvalue weighted by atomic mass is 35.5. The van der Waals surface area contributed by atoms with E-state index in [9.17, 15) is 24.0 Å². The molecule has 0 bridgehead atoms. The van der Waals surface area contributed by atoms with E-state index in [1.807, 2.05) is 0 Å². The standard InChI is InChI=1S/C25H29ClO12/c1-6-32-24(31)19(11-17-7-9-18(26)10-8-17)37-25-23(36-16(5)30)22(35-15(4)29)21(34-14(3)28)20(38-25)12-33-13(2)27/h7-11,20-23,25H,6,12H2,1-5H3/b19-11-/t20-,21+,22+,23-,25-/m0/s1. The molecule has 0 spiro atoms. The average molecular weight is 557 g/mol. The Hall–Kier alpha value is -3.64. The van der Waals surface area contributed by atoms with Crippen LogP contribution in [0.25, 0.3) is 6.08 Å². The first-order valence-corrected chi connectivity index (χ1v) is 11.9. The van der Waals surface area contributed by atoms with Gasteiger partial charge in [-0.15, -0.1) is 0 Å². The normalized spacial score (nSPS) is 23.0. The quantitative estimate of drug-likeness (QED) is 0.180. The zero-order chi connectivity index (χ0) is 28.4. The molecule has 38 heavy (non-hydrogen) atoms. The number of rotatable bonds is 10. The van der Waals surface area contributed by atoms with Crippen molar-refractivity contribution in [3.8, 4) is 0 Å². The summed E-state index contributed by atoms with van der Waals surface area (Å²) >= 11 is 5.93. The number of benzene rings is 1. The van der Waals surface area contributed by atoms with E-state index >= 15 is 0 Å². The summed E-state index contributed by atoms with van der Waals surface area (Å²) in [6.07, 6.45) is -5.86. The molecule has 1 aromatic carbocycles. The highest BCUT2D eigenvalue weighted by Gasteiger charge is 2.53. The van der Waals surface area contributed by atoms with Crippen molar-refractivity contribution in [2.45, 2.75) is 65.3 Å². The molecule has 12 nitrogen and oxygen atoms in total. The lowest BCUT2D eigenvalue weighted by atomic mass is 9.98. The monoisotopic (exact) mass is 556 g/mol. The lowest BCUT2D eigenvalue weighted by molar-refractivity contribution is -0.299. The van der Waals surface area contributed by atoms with Crippen LogP contribution in [0, 0.1) is 0 Å². The Balaban J connectivity index is 2.56. The molecular formula is C25H29ClO12. The van der Waals surface area contributed by atoms with Crippen LogP contribution in [0.5, 0.6) is 0 Å². The minimum Gasteiger partial charge on any atom is -0.463 e. The van der Waals surface area contributed by atoms with E-state index in [2.05, 4.69) is 0 Å². The summed E-state index contributed by atoms with van der Waals surface area (Å²) in [6.45, 7) is 5.58. The Bertz CT molecular complexity index is 1050. The van der Waals surface area contributed by atoms with E-state index in [4.69, 9.17) is 44.8 Å². The topological polar surface area (TPSA) is 150 Å². The van der Waals surface area contributed by atoms with Gasteiger partial charge in [-0.1, -0.05) is 23.7 Å². The predicted octanol–water partition coefficient (Wildman–Crippen LogP) is 2.34. The molecule has 1 aliphatic heterocycles. The minimum absolute atomic E-state index is 0.0126. The summed E-state index contributed by atoms with van der Waals surface area (Å²) in [5, 5.41) is 0.459. The third-order valence-electron chi connectivity index (χ3n) is 4.84. The van der Waals surface area contributed by atoms with E-state index in [0.29, 0.717) is 10.6 Å². The van der Waals surface area contributed by atoms with Gasteiger partial charge in [-0.25, -0.2) is 4.79 Å². The molecule has 2 rings (SSSR count). The van der Waals surface area contributed by atoms with E-state index in [0.717, 1.165) is 27.7 Å². The maximum atomic E-state index is 12.8. The summed E-state index contributed by atoms with van der Waals surface area (Å²) in [5.74, 6) is -4.30. The number of esters is 5. The smallest absolute Gasteiger partial charge is 0.373 e. The van der Waals surface area contributed by atoms with Gasteiger partial charge in [-0.3, -0.25) is 19.2 Å². The highest BCUT2D eigenvalue weighted by molar-refractivity contribution is 6.30. The molecule has 0 amide bonds. The highest BCUT2D eigenvalue weighted by Crippen LogP contribution is 2.31. The Labute approximate surface area is 224 Å². The zero-order valence-corrected chi connectivity index (χ0v) is 22.2. The maximum Gasteiger partial charge on any atom is 0.373 e. The lowest BCUT2D eigenvalue weighted by Crippen LogP contribution is -2.63. The largest absolute Gasteiger partial charge is 0.463 e. The zero-order valence-electron chi connectivity index (χ0n) is 21.5. The third kappa shape index (κ3) is 9.34. The van der Waals surface area contributed by atoms with Gasteiger partial charge in [0.25, 0.3) is 0 Å². The number of ether oxygens (including phenoxy) is 7. The van der Waals surface area contributed by atoms with Gasteiger partial charge in [-0.05, 0) is 30.7 Å². The van der Waals surface area contributed by atoms with Crippen molar-refractivity contribution in [3.63, 3.8) is 0 Å². The van der Waals surface area contributed by atoms with E-state index in [1.54, 1.807) is 31.2 Å². The molecular weight excluding hydrogens is 528 g/mol. The van der Waals surface area contributed by atoms with E-state index in [1.165, 1.54) is 6.08 Å². The first kappa shape index (κ1) is 30.6. The second-order valence-corrected chi connectivity index (χ2v) is 8.40. The summed E-state index contributed by atoms with van der Waals surface area (Å²) < 4.78 is 37.8. The van der Waals surface area contributed by atoms with E-state index in [-0.39, 0.29) is 12.4 Å². The molecule has 0 aromatic heterocycles. The molecule has 1 aliphatic rings. The van der Waals surface area contributed by atoms with Gasteiger partial charge in [0.1, 0.15) is 12.7 Å². The fourth-order valence-corrected chi connectivity index (χ4v) is 3.59. The van der Waals surface area contributed by atoms with E-state index < -0.39 is 67.2 Å². The molecule has 0 aliphatic carbocycles. The molecule has 208 valence electrons. The first-order valence-electron chi connectivity index (χ1n) is 11.5. The molecule has 0 unspecified atom stereocenters. The van der Waals surface area contributed by atoms with Crippen LogP contribution in [-0.4, -0.2) is 73.8 Å². The van der Waals surface area contributed by atoms with Gasteiger partial charge >= 0.3 is 29.8 Å². The molecule has 1 aromatic rings. The number of hydrogen-bond donors (Lipinski definition) is 0. The Kier molecular flexibility index (Phi) is 11.5. The molecule has 1 saturated heterocycles. The third-order valence-corrected chi connectivity index (χ3v) is 5.09. The second kappa shape index (κ2) is 14.3. The number of halogens is 1. The van der Waals surface area contributed by atoms with Gasteiger partial charge in [0, 0.05) is 32.7 Å². The van der Waals surface area contributed by atoms with Crippen molar-refractivity contribution in [2.75, 3.05) is 13.2 Å². The predicted molar refractivity (Wildman–Crippen MR) is 129 cm³/mol. The van der Waals surface area contributed by atoms with Gasteiger partial charge in [0.15, 0.2) is 12.2 Å². The molecule has 0 saturated carbocycles. The second-order valence-electron chi connectivity index (χ2n) is 7.97. The molecule has 5 atom stereocenters. The summed E-state index contributed by atoms with van der Waals surface area (Å²) in [6, 6.07) is 6.39. The molecule has 1 heterocycles. The molecule has 13 heteroatoms. The first-order chi connectivity index (χ1) is 17.9. The number of carbonyl (C=O) groups excluding carboxylic acids is 5. The van der Waals surface area contributed by atoms with Crippen molar-refractivity contribution in [2.24, 2.45) is 0 Å². The maximum absolute atomic E-state index is 12.8. The van der Waals surface area contributed by atoms with Crippen LogP contribution in [0.2, 0.25) is 5.02 Å². The fraction of sp³-hybridized carbons (Fsp3) is 0.480. The summed E-state index contributed by atoms with van der Waals surface area (Å²) in [4.78, 5) is 60.1. The van der Waals surface area contributed by atoms with Crippen molar-refractivity contribution >= 4 is 47.5 Å². The SMILES string of the molecule is CCOC(=O)/C(=C/c1ccc(Cl)cc1)O[C@H]1O[C@@H](COC(C)=O)[C@@H](OC(C)=O)[C@@H](OC(C)=O)[C@@H]1OC(C)=O. The Morgan fingerprint density at radius 1 is 0.789 bits per heavy atom. The van der Waals surface area contributed by atoms with Crippen LogP contribution >= 0.6 is 11.6 Å². The number of hydrogen-bond acceptors (Lipinski definition) is 12. The van der Waals surface area contributed by atoms with Gasteiger partial charge in [0.05, 0.1) is 6.61 Å². The number of carbonyl (C=O) groups is 5. The molecule has 0 N–H and O–H groups in total. The van der Waals surface area contributed by atoms with Gasteiger partial charge in [-0.2, -0.15) is 0 Å². The van der Waals surface area contributed by atoms with Gasteiger partial charge in [0.2, 0.25) is 18.2 Å². The van der Waals surface area contributed by atoms with Crippen molar-refractivity contribution < 1.29 is 57.1 Å². The van der Waals surface area contributed by atoms with Crippen LogP contribution in [-0.2, 0) is 57.1 Å². The lowest BCUT2D eigenvalue weighted by Gasteiger charge is -2.43. The van der Waals surface area contributed by atoms with Gasteiger partial charge < -0.3 is 33.2 Å². The summed E-state index contributed by atoms with van der Waals surface area (Å²) in [7, 11) is 0. The van der Waals surface area contributed by atoms with Crippen LogP contribution in [0.4, 0.5) is 0 Å². The van der Waals surface area contributed by atoms with Crippen LogP contribution < -0.4 is 0 Å². The van der Waals surface area contributed by atoms with Crippen molar-refractivity contribution in [3.05, 3.63) is 40.6 Å².